The molecule has 2 aliphatic heterocycles. The highest BCUT2D eigenvalue weighted by molar-refractivity contribution is 5.76. The summed E-state index contributed by atoms with van der Waals surface area (Å²) in [5.74, 6) is 1.32. The van der Waals surface area contributed by atoms with Gasteiger partial charge >= 0.3 is 0 Å². The first-order valence-corrected chi connectivity index (χ1v) is 10.1. The Bertz CT molecular complexity index is 801. The molecule has 1 unspecified atom stereocenters. The summed E-state index contributed by atoms with van der Waals surface area (Å²) in [5.41, 5.74) is 2.18. The second-order valence-corrected chi connectivity index (χ2v) is 7.61. The van der Waals surface area contributed by atoms with Crippen LogP contribution < -0.4 is 10.2 Å². The number of carbonyl (C=O) groups is 1. The summed E-state index contributed by atoms with van der Waals surface area (Å²) in [6, 6.07) is 4.12. The van der Waals surface area contributed by atoms with Crippen LogP contribution in [0, 0.1) is 0 Å². The minimum atomic E-state index is 0.0879. The van der Waals surface area contributed by atoms with Gasteiger partial charge in [0.15, 0.2) is 0 Å². The first kappa shape index (κ1) is 18.9. The minimum Gasteiger partial charge on any atom is -0.381 e. The lowest BCUT2D eigenvalue weighted by Gasteiger charge is -2.23. The van der Waals surface area contributed by atoms with Crippen molar-refractivity contribution in [2.45, 2.75) is 44.1 Å². The van der Waals surface area contributed by atoms with Crippen LogP contribution in [0.25, 0.3) is 0 Å². The number of nitrogens with zero attached hydrogens (tertiary/aromatic N) is 5. The molecule has 2 saturated heterocycles. The molecule has 2 aliphatic rings. The van der Waals surface area contributed by atoms with E-state index in [1.54, 1.807) is 6.20 Å². The summed E-state index contributed by atoms with van der Waals surface area (Å²) < 4.78 is 7.27. The third-order valence-electron chi connectivity index (χ3n) is 5.67. The molecule has 150 valence electrons. The quantitative estimate of drug-likeness (QED) is 0.811. The molecule has 0 radical (unpaired) electrons. The fourth-order valence-corrected chi connectivity index (χ4v) is 3.98. The summed E-state index contributed by atoms with van der Waals surface area (Å²) in [6.45, 7) is 3.24. The van der Waals surface area contributed by atoms with E-state index in [0.29, 0.717) is 18.8 Å². The van der Waals surface area contributed by atoms with Crippen molar-refractivity contribution in [1.82, 2.24) is 25.1 Å². The molecule has 2 aromatic rings. The maximum absolute atomic E-state index is 12.3. The van der Waals surface area contributed by atoms with Crippen molar-refractivity contribution in [3.8, 4) is 0 Å². The van der Waals surface area contributed by atoms with E-state index >= 15 is 0 Å². The molecule has 0 saturated carbocycles. The van der Waals surface area contributed by atoms with Gasteiger partial charge in [0.05, 0.1) is 0 Å². The van der Waals surface area contributed by atoms with Crippen molar-refractivity contribution in [2.24, 2.45) is 7.05 Å². The van der Waals surface area contributed by atoms with Gasteiger partial charge in [-0.15, -0.1) is 0 Å². The average molecular weight is 384 g/mol. The molecular formula is C20H28N6O2. The Morgan fingerprint density at radius 1 is 1.25 bits per heavy atom. The Hall–Kier alpha value is -2.48. The summed E-state index contributed by atoms with van der Waals surface area (Å²) in [5, 5.41) is 7.30. The van der Waals surface area contributed by atoms with Crippen molar-refractivity contribution in [3.63, 3.8) is 0 Å². The average Bonchev–Trinajstić information content (AvgIpc) is 3.36. The maximum atomic E-state index is 12.3. The highest BCUT2D eigenvalue weighted by atomic mass is 16.5. The van der Waals surface area contributed by atoms with Crippen molar-refractivity contribution in [3.05, 3.63) is 35.9 Å². The maximum Gasteiger partial charge on any atom is 0.225 e. The number of aromatic nitrogens is 4. The zero-order valence-corrected chi connectivity index (χ0v) is 16.4. The zero-order chi connectivity index (χ0) is 19.3. The van der Waals surface area contributed by atoms with Crippen molar-refractivity contribution in [2.75, 3.05) is 31.2 Å². The first-order valence-electron chi connectivity index (χ1n) is 10.1. The first-order chi connectivity index (χ1) is 13.7. The topological polar surface area (TPSA) is 85.2 Å². The molecule has 1 atom stereocenters. The van der Waals surface area contributed by atoms with Crippen LogP contribution in [0.3, 0.4) is 0 Å². The molecule has 2 fully saturated rings. The van der Waals surface area contributed by atoms with Crippen LogP contribution in [-0.2, 0) is 23.0 Å². The van der Waals surface area contributed by atoms with Gasteiger partial charge in [0, 0.05) is 75.5 Å². The SMILES string of the molecule is Cn1nccc1CCC(=O)NC1CCN(c2nccc(C3CCOCC3)n2)C1. The molecule has 1 amide bonds. The highest BCUT2D eigenvalue weighted by Gasteiger charge is 2.26. The molecule has 28 heavy (non-hydrogen) atoms. The van der Waals surface area contributed by atoms with E-state index in [1.165, 1.54) is 0 Å². The van der Waals surface area contributed by atoms with Gasteiger partial charge in [0.2, 0.25) is 11.9 Å². The Balaban J connectivity index is 1.29. The van der Waals surface area contributed by atoms with Gasteiger partial charge in [-0.3, -0.25) is 9.48 Å². The number of ether oxygens (including phenoxy) is 1. The van der Waals surface area contributed by atoms with E-state index in [0.717, 1.165) is 62.9 Å². The van der Waals surface area contributed by atoms with Gasteiger partial charge in [0.1, 0.15) is 0 Å². The normalized spacial score (nSPS) is 20.5. The van der Waals surface area contributed by atoms with Crippen LogP contribution in [0.5, 0.6) is 0 Å². The fourth-order valence-electron chi connectivity index (χ4n) is 3.98. The second-order valence-electron chi connectivity index (χ2n) is 7.61. The van der Waals surface area contributed by atoms with E-state index < -0.39 is 0 Å². The Morgan fingerprint density at radius 2 is 2.11 bits per heavy atom. The van der Waals surface area contributed by atoms with E-state index in [2.05, 4.69) is 20.3 Å². The predicted molar refractivity (Wildman–Crippen MR) is 105 cm³/mol. The van der Waals surface area contributed by atoms with E-state index in [1.807, 2.05) is 30.1 Å². The number of amides is 1. The van der Waals surface area contributed by atoms with Crippen molar-refractivity contribution in [1.29, 1.82) is 0 Å². The number of hydrogen-bond acceptors (Lipinski definition) is 6. The van der Waals surface area contributed by atoms with Crippen molar-refractivity contribution >= 4 is 11.9 Å². The molecule has 4 heterocycles. The molecule has 0 spiro atoms. The Labute approximate surface area is 165 Å². The fraction of sp³-hybridized carbons (Fsp3) is 0.600. The van der Waals surface area contributed by atoms with Crippen LogP contribution in [0.4, 0.5) is 5.95 Å². The lowest BCUT2D eigenvalue weighted by molar-refractivity contribution is -0.121. The van der Waals surface area contributed by atoms with Crippen LogP contribution in [-0.4, -0.2) is 58.0 Å². The van der Waals surface area contributed by atoms with E-state index in [9.17, 15) is 4.79 Å². The van der Waals surface area contributed by atoms with Gasteiger partial charge in [-0.05, 0) is 37.8 Å². The molecular weight excluding hydrogens is 356 g/mol. The minimum absolute atomic E-state index is 0.0879. The smallest absolute Gasteiger partial charge is 0.225 e. The molecule has 1 N–H and O–H groups in total. The molecule has 2 aromatic heterocycles. The monoisotopic (exact) mass is 384 g/mol. The van der Waals surface area contributed by atoms with Crippen LogP contribution >= 0.6 is 0 Å². The van der Waals surface area contributed by atoms with Crippen molar-refractivity contribution < 1.29 is 9.53 Å². The number of rotatable bonds is 6. The summed E-state index contributed by atoms with van der Waals surface area (Å²) in [7, 11) is 1.90. The molecule has 0 aliphatic carbocycles. The number of nitrogens with one attached hydrogen (secondary N) is 1. The van der Waals surface area contributed by atoms with Crippen LogP contribution in [0.1, 0.15) is 43.0 Å². The number of carbonyl (C=O) groups excluding carboxylic acids is 1. The molecule has 0 bridgehead atoms. The van der Waals surface area contributed by atoms with E-state index in [-0.39, 0.29) is 11.9 Å². The highest BCUT2D eigenvalue weighted by Crippen LogP contribution is 2.26. The number of hydrogen-bond donors (Lipinski definition) is 1. The van der Waals surface area contributed by atoms with Gasteiger partial charge in [-0.1, -0.05) is 0 Å². The van der Waals surface area contributed by atoms with Crippen LogP contribution in [0.2, 0.25) is 0 Å². The lowest BCUT2D eigenvalue weighted by Crippen LogP contribution is -2.37. The summed E-state index contributed by atoms with van der Waals surface area (Å²) in [4.78, 5) is 23.8. The largest absolute Gasteiger partial charge is 0.381 e. The van der Waals surface area contributed by atoms with Gasteiger partial charge in [-0.25, -0.2) is 9.97 Å². The Kier molecular flexibility index (Phi) is 5.85. The third-order valence-corrected chi connectivity index (χ3v) is 5.67. The summed E-state index contributed by atoms with van der Waals surface area (Å²) in [6.07, 6.45) is 7.75. The lowest BCUT2D eigenvalue weighted by atomic mass is 9.96. The predicted octanol–water partition coefficient (Wildman–Crippen LogP) is 1.43. The van der Waals surface area contributed by atoms with E-state index in [4.69, 9.17) is 9.72 Å². The number of aryl methyl sites for hydroxylation is 2. The number of anilines is 1. The zero-order valence-electron chi connectivity index (χ0n) is 16.4. The van der Waals surface area contributed by atoms with Gasteiger partial charge in [-0.2, -0.15) is 5.10 Å². The molecule has 8 heteroatoms. The third kappa shape index (κ3) is 4.49. The summed E-state index contributed by atoms with van der Waals surface area (Å²) >= 11 is 0. The van der Waals surface area contributed by atoms with Crippen LogP contribution in [0.15, 0.2) is 24.5 Å². The van der Waals surface area contributed by atoms with Gasteiger partial charge in [0.25, 0.3) is 0 Å². The second kappa shape index (κ2) is 8.68. The standard InChI is InChI=1S/C20H28N6O2/c1-25-17(4-10-22-25)2-3-19(27)23-16-6-11-26(14-16)20-21-9-5-18(24-20)15-7-12-28-13-8-15/h4-5,9-10,15-16H,2-3,6-8,11-14H2,1H3,(H,23,27). The molecule has 4 rings (SSSR count). The molecule has 0 aromatic carbocycles. The molecule has 8 nitrogen and oxygen atoms in total. The Morgan fingerprint density at radius 3 is 2.89 bits per heavy atom. The van der Waals surface area contributed by atoms with Gasteiger partial charge < -0.3 is 15.0 Å².